The van der Waals surface area contributed by atoms with Crippen LogP contribution in [0.5, 0.6) is 5.75 Å². The van der Waals surface area contributed by atoms with Gasteiger partial charge in [-0.15, -0.1) is 0 Å². The molecule has 1 aromatic carbocycles. The van der Waals surface area contributed by atoms with Crippen LogP contribution in [0, 0.1) is 19.3 Å². The van der Waals surface area contributed by atoms with Gasteiger partial charge in [-0.2, -0.15) is 0 Å². The van der Waals surface area contributed by atoms with E-state index >= 15 is 0 Å². The van der Waals surface area contributed by atoms with Crippen LogP contribution in [-0.4, -0.2) is 11.9 Å². The Bertz CT molecular complexity index is 348. The van der Waals surface area contributed by atoms with Crippen molar-refractivity contribution < 1.29 is 4.74 Å². The molecule has 0 heterocycles. The summed E-state index contributed by atoms with van der Waals surface area (Å²) in [5.74, 6) is 0.986. The topological polar surface area (TPSA) is 9.23 Å². The zero-order valence-corrected chi connectivity index (χ0v) is 12.9. The van der Waals surface area contributed by atoms with Crippen molar-refractivity contribution in [1.82, 2.24) is 0 Å². The fraction of sp³-hybridized carbons (Fsp3) is 0.600. The van der Waals surface area contributed by atoms with Gasteiger partial charge in [0.15, 0.2) is 0 Å². The number of hydrogen-bond donors (Lipinski definition) is 0. The third-order valence-corrected chi connectivity index (χ3v) is 5.00. The molecule has 0 spiro atoms. The third kappa shape index (κ3) is 3.74. The molecule has 17 heavy (non-hydrogen) atoms. The average molecular weight is 299 g/mol. The first kappa shape index (κ1) is 14.6. The van der Waals surface area contributed by atoms with Crippen LogP contribution in [0.3, 0.4) is 0 Å². The number of alkyl halides is 1. The molecule has 2 heteroatoms. The molecule has 0 amide bonds. The van der Waals surface area contributed by atoms with Crippen LogP contribution in [0.15, 0.2) is 18.2 Å². The zero-order chi connectivity index (χ0) is 12.9. The second-order valence-electron chi connectivity index (χ2n) is 4.88. The first-order chi connectivity index (χ1) is 8.06. The van der Waals surface area contributed by atoms with Gasteiger partial charge in [-0.05, 0) is 49.9 Å². The van der Waals surface area contributed by atoms with Crippen molar-refractivity contribution in [2.75, 3.05) is 11.9 Å². The standard InChI is InChI=1S/C15H23BrO/c1-5-15(6-2,10-16)11-17-14-8-7-12(3)13(4)9-14/h7-9H,5-6,10-11H2,1-4H3. The normalized spacial score (nSPS) is 11.6. The first-order valence-electron chi connectivity index (χ1n) is 6.33. The summed E-state index contributed by atoms with van der Waals surface area (Å²) in [6.45, 7) is 9.50. The molecule has 0 aliphatic heterocycles. The Morgan fingerprint density at radius 2 is 1.76 bits per heavy atom. The van der Waals surface area contributed by atoms with Crippen molar-refractivity contribution in [2.45, 2.75) is 40.5 Å². The van der Waals surface area contributed by atoms with Gasteiger partial charge >= 0.3 is 0 Å². The summed E-state index contributed by atoms with van der Waals surface area (Å²) < 4.78 is 5.95. The summed E-state index contributed by atoms with van der Waals surface area (Å²) in [4.78, 5) is 0. The summed E-state index contributed by atoms with van der Waals surface area (Å²) in [6.07, 6.45) is 2.28. The molecule has 0 unspecified atom stereocenters. The Labute approximate surface area is 114 Å². The second kappa shape index (κ2) is 6.44. The molecule has 0 aliphatic rings. The highest BCUT2D eigenvalue weighted by atomic mass is 79.9. The fourth-order valence-corrected chi connectivity index (χ4v) is 2.68. The van der Waals surface area contributed by atoms with Crippen molar-refractivity contribution in [3.05, 3.63) is 29.3 Å². The molecule has 0 fully saturated rings. The fourth-order valence-electron chi connectivity index (χ4n) is 1.72. The van der Waals surface area contributed by atoms with E-state index < -0.39 is 0 Å². The van der Waals surface area contributed by atoms with E-state index in [9.17, 15) is 0 Å². The lowest BCUT2D eigenvalue weighted by Gasteiger charge is -2.29. The average Bonchev–Trinajstić information content (AvgIpc) is 2.36. The number of hydrogen-bond acceptors (Lipinski definition) is 1. The Kier molecular flexibility index (Phi) is 5.51. The molecule has 96 valence electrons. The van der Waals surface area contributed by atoms with E-state index in [1.807, 2.05) is 0 Å². The predicted molar refractivity (Wildman–Crippen MR) is 78.2 cm³/mol. The molecule has 0 aromatic heterocycles. The minimum absolute atomic E-state index is 0.263. The van der Waals surface area contributed by atoms with Gasteiger partial charge in [-0.3, -0.25) is 0 Å². The van der Waals surface area contributed by atoms with Crippen LogP contribution in [-0.2, 0) is 0 Å². The summed E-state index contributed by atoms with van der Waals surface area (Å²) in [6, 6.07) is 6.31. The maximum Gasteiger partial charge on any atom is 0.119 e. The van der Waals surface area contributed by atoms with Crippen molar-refractivity contribution in [3.63, 3.8) is 0 Å². The molecular formula is C15H23BrO. The highest BCUT2D eigenvalue weighted by Gasteiger charge is 2.25. The highest BCUT2D eigenvalue weighted by molar-refractivity contribution is 9.09. The zero-order valence-electron chi connectivity index (χ0n) is 11.3. The van der Waals surface area contributed by atoms with Crippen molar-refractivity contribution in [3.8, 4) is 5.75 Å². The van der Waals surface area contributed by atoms with E-state index in [1.165, 1.54) is 11.1 Å². The number of benzene rings is 1. The van der Waals surface area contributed by atoms with E-state index in [-0.39, 0.29) is 5.41 Å². The molecule has 1 rings (SSSR count). The van der Waals surface area contributed by atoms with Gasteiger partial charge in [0.05, 0.1) is 6.61 Å². The summed E-state index contributed by atoms with van der Waals surface area (Å²) in [5, 5.41) is 0.998. The molecule has 0 radical (unpaired) electrons. The lowest BCUT2D eigenvalue weighted by atomic mass is 9.86. The number of aryl methyl sites for hydroxylation is 2. The molecule has 0 bridgehead atoms. The monoisotopic (exact) mass is 298 g/mol. The lowest BCUT2D eigenvalue weighted by molar-refractivity contribution is 0.158. The van der Waals surface area contributed by atoms with Crippen LogP contribution in [0.4, 0.5) is 0 Å². The summed E-state index contributed by atoms with van der Waals surface area (Å²) in [5.41, 5.74) is 2.87. The highest BCUT2D eigenvalue weighted by Crippen LogP contribution is 2.30. The smallest absolute Gasteiger partial charge is 0.119 e. The molecule has 1 aromatic rings. The van der Waals surface area contributed by atoms with Crippen molar-refractivity contribution >= 4 is 15.9 Å². The molecule has 0 N–H and O–H groups in total. The molecule has 0 atom stereocenters. The SMILES string of the molecule is CCC(CC)(CBr)COc1ccc(C)c(C)c1. The first-order valence-corrected chi connectivity index (χ1v) is 7.45. The van der Waals surface area contributed by atoms with Gasteiger partial charge in [0.25, 0.3) is 0 Å². The molecule has 0 saturated carbocycles. The molecular weight excluding hydrogens is 276 g/mol. The molecule has 0 aliphatic carbocycles. The Balaban J connectivity index is 2.68. The minimum Gasteiger partial charge on any atom is -0.493 e. The van der Waals surface area contributed by atoms with E-state index in [1.54, 1.807) is 0 Å². The largest absolute Gasteiger partial charge is 0.493 e. The quantitative estimate of drug-likeness (QED) is 0.680. The van der Waals surface area contributed by atoms with Gasteiger partial charge in [0, 0.05) is 10.7 Å². The van der Waals surface area contributed by atoms with E-state index in [0.717, 1.165) is 30.5 Å². The van der Waals surface area contributed by atoms with Gasteiger partial charge in [0.2, 0.25) is 0 Å². The molecule has 0 saturated heterocycles. The summed E-state index contributed by atoms with van der Waals surface area (Å²) >= 11 is 3.61. The molecule has 1 nitrogen and oxygen atoms in total. The summed E-state index contributed by atoms with van der Waals surface area (Å²) in [7, 11) is 0. The van der Waals surface area contributed by atoms with E-state index in [2.05, 4.69) is 61.8 Å². The van der Waals surface area contributed by atoms with Gasteiger partial charge < -0.3 is 4.74 Å². The van der Waals surface area contributed by atoms with Gasteiger partial charge in [-0.25, -0.2) is 0 Å². The van der Waals surface area contributed by atoms with Crippen LogP contribution in [0.25, 0.3) is 0 Å². The Morgan fingerprint density at radius 3 is 2.24 bits per heavy atom. The second-order valence-corrected chi connectivity index (χ2v) is 5.44. The maximum absolute atomic E-state index is 5.95. The Hall–Kier alpha value is -0.500. The van der Waals surface area contributed by atoms with Crippen molar-refractivity contribution in [1.29, 1.82) is 0 Å². The van der Waals surface area contributed by atoms with Gasteiger partial charge in [-0.1, -0.05) is 35.8 Å². The number of halogens is 1. The van der Waals surface area contributed by atoms with E-state index in [4.69, 9.17) is 4.74 Å². The van der Waals surface area contributed by atoms with Crippen LogP contribution in [0.1, 0.15) is 37.8 Å². The minimum atomic E-state index is 0.263. The van der Waals surface area contributed by atoms with Crippen molar-refractivity contribution in [2.24, 2.45) is 5.41 Å². The van der Waals surface area contributed by atoms with E-state index in [0.29, 0.717) is 0 Å². The predicted octanol–water partition coefficient (Wildman–Crippen LogP) is 4.88. The van der Waals surface area contributed by atoms with Crippen LogP contribution >= 0.6 is 15.9 Å². The van der Waals surface area contributed by atoms with Crippen LogP contribution < -0.4 is 4.74 Å². The van der Waals surface area contributed by atoms with Crippen LogP contribution in [0.2, 0.25) is 0 Å². The Morgan fingerprint density at radius 1 is 1.12 bits per heavy atom. The lowest BCUT2D eigenvalue weighted by Crippen LogP contribution is -2.29. The third-order valence-electron chi connectivity index (χ3n) is 3.81. The maximum atomic E-state index is 5.95. The number of rotatable bonds is 6. The van der Waals surface area contributed by atoms with Gasteiger partial charge in [0.1, 0.15) is 5.75 Å². The number of ether oxygens (including phenoxy) is 1.